The topological polar surface area (TPSA) is 49.3 Å². The Morgan fingerprint density at radius 3 is 2.87 bits per heavy atom. The van der Waals surface area contributed by atoms with E-state index in [2.05, 4.69) is 5.32 Å². The fraction of sp³-hybridized carbons (Fsp3) is 0.909. The SMILES string of the molecule is O=C(O)C1CCSC2(CC3CCC2C3)N1. The zero-order valence-corrected chi connectivity index (χ0v) is 9.55. The molecular weight excluding hydrogens is 210 g/mol. The van der Waals surface area contributed by atoms with Crippen molar-refractivity contribution < 1.29 is 9.90 Å². The van der Waals surface area contributed by atoms with Gasteiger partial charge in [-0.2, -0.15) is 0 Å². The Morgan fingerprint density at radius 2 is 2.27 bits per heavy atom. The van der Waals surface area contributed by atoms with Gasteiger partial charge in [0.1, 0.15) is 6.04 Å². The van der Waals surface area contributed by atoms with Crippen molar-refractivity contribution in [2.24, 2.45) is 11.8 Å². The smallest absolute Gasteiger partial charge is 0.320 e. The molecule has 2 bridgehead atoms. The molecule has 3 rings (SSSR count). The first-order valence-electron chi connectivity index (χ1n) is 5.84. The predicted octanol–water partition coefficient (Wildman–Crippen LogP) is 1.68. The van der Waals surface area contributed by atoms with Crippen molar-refractivity contribution >= 4 is 17.7 Å². The second-order valence-electron chi connectivity index (χ2n) is 5.14. The van der Waals surface area contributed by atoms with Gasteiger partial charge in [-0.1, -0.05) is 0 Å². The molecule has 0 aromatic heterocycles. The minimum absolute atomic E-state index is 0.129. The molecule has 2 N–H and O–H groups in total. The van der Waals surface area contributed by atoms with Crippen LogP contribution in [0.3, 0.4) is 0 Å². The van der Waals surface area contributed by atoms with Crippen molar-refractivity contribution in [3.05, 3.63) is 0 Å². The van der Waals surface area contributed by atoms with Crippen molar-refractivity contribution in [1.29, 1.82) is 0 Å². The van der Waals surface area contributed by atoms with Gasteiger partial charge in [0, 0.05) is 0 Å². The van der Waals surface area contributed by atoms with Crippen LogP contribution in [-0.4, -0.2) is 27.7 Å². The van der Waals surface area contributed by atoms with Crippen molar-refractivity contribution in [2.45, 2.75) is 43.0 Å². The fourth-order valence-electron chi connectivity index (χ4n) is 3.59. The van der Waals surface area contributed by atoms with Gasteiger partial charge in [-0.3, -0.25) is 10.1 Å². The van der Waals surface area contributed by atoms with Crippen LogP contribution in [-0.2, 0) is 4.79 Å². The summed E-state index contributed by atoms with van der Waals surface area (Å²) < 4.78 is 0. The summed E-state index contributed by atoms with van der Waals surface area (Å²) in [7, 11) is 0. The number of fused-ring (bicyclic) bond motifs is 3. The molecule has 0 aromatic rings. The summed E-state index contributed by atoms with van der Waals surface area (Å²) in [6.07, 6.45) is 5.97. The standard InChI is InChI=1S/C11H17NO2S/c13-10(14)9-3-4-15-11(12-9)6-7-1-2-8(11)5-7/h7-9,12H,1-6H2,(H,13,14). The maximum atomic E-state index is 11.0. The largest absolute Gasteiger partial charge is 0.480 e. The Morgan fingerprint density at radius 1 is 1.40 bits per heavy atom. The van der Waals surface area contributed by atoms with E-state index in [1.165, 1.54) is 25.7 Å². The number of rotatable bonds is 1. The highest BCUT2D eigenvalue weighted by Crippen LogP contribution is 2.56. The Labute approximate surface area is 94.0 Å². The monoisotopic (exact) mass is 227 g/mol. The van der Waals surface area contributed by atoms with Crippen molar-refractivity contribution in [3.8, 4) is 0 Å². The highest BCUT2D eigenvalue weighted by molar-refractivity contribution is 8.00. The molecule has 1 saturated heterocycles. The third-order valence-corrected chi connectivity index (χ3v) is 5.85. The van der Waals surface area contributed by atoms with E-state index in [-0.39, 0.29) is 10.9 Å². The quantitative estimate of drug-likeness (QED) is 0.715. The minimum Gasteiger partial charge on any atom is -0.480 e. The second-order valence-corrected chi connectivity index (χ2v) is 6.57. The van der Waals surface area contributed by atoms with Gasteiger partial charge in [0.15, 0.2) is 0 Å². The number of nitrogens with one attached hydrogen (secondary N) is 1. The van der Waals surface area contributed by atoms with Gasteiger partial charge in [0.2, 0.25) is 0 Å². The van der Waals surface area contributed by atoms with Gasteiger partial charge in [-0.05, 0) is 49.7 Å². The lowest BCUT2D eigenvalue weighted by atomic mass is 9.93. The molecule has 1 heterocycles. The van der Waals surface area contributed by atoms with E-state index in [1.807, 2.05) is 11.8 Å². The highest BCUT2D eigenvalue weighted by Gasteiger charge is 2.53. The molecule has 4 heteroatoms. The number of carboxylic acid groups (broad SMARTS) is 1. The van der Waals surface area contributed by atoms with E-state index in [4.69, 9.17) is 5.11 Å². The van der Waals surface area contributed by atoms with Gasteiger partial charge in [-0.25, -0.2) is 0 Å². The first-order chi connectivity index (χ1) is 7.20. The minimum atomic E-state index is -0.669. The number of thioether (sulfide) groups is 1. The molecule has 4 unspecified atom stereocenters. The van der Waals surface area contributed by atoms with Gasteiger partial charge in [0.25, 0.3) is 0 Å². The molecule has 84 valence electrons. The van der Waals surface area contributed by atoms with E-state index < -0.39 is 5.97 Å². The number of aliphatic carboxylic acids is 1. The summed E-state index contributed by atoms with van der Waals surface area (Å²) in [4.78, 5) is 11.2. The van der Waals surface area contributed by atoms with E-state index in [0.717, 1.165) is 24.0 Å². The fourth-order valence-corrected chi connectivity index (χ4v) is 5.33. The molecule has 0 aromatic carbocycles. The Hall–Kier alpha value is -0.220. The summed E-state index contributed by atoms with van der Waals surface area (Å²) in [5, 5.41) is 12.5. The summed E-state index contributed by atoms with van der Waals surface area (Å²) >= 11 is 1.98. The highest BCUT2D eigenvalue weighted by atomic mass is 32.2. The first kappa shape index (κ1) is 9.97. The van der Waals surface area contributed by atoms with Crippen molar-refractivity contribution in [2.75, 3.05) is 5.75 Å². The molecule has 4 atom stereocenters. The van der Waals surface area contributed by atoms with Gasteiger partial charge < -0.3 is 5.11 Å². The molecule has 2 saturated carbocycles. The number of hydrogen-bond acceptors (Lipinski definition) is 3. The van der Waals surface area contributed by atoms with E-state index in [0.29, 0.717) is 0 Å². The predicted molar refractivity (Wildman–Crippen MR) is 59.8 cm³/mol. The Bertz CT molecular complexity index is 296. The van der Waals surface area contributed by atoms with Gasteiger partial charge in [-0.15, -0.1) is 11.8 Å². The lowest BCUT2D eigenvalue weighted by molar-refractivity contribution is -0.140. The lowest BCUT2D eigenvalue weighted by Gasteiger charge is -2.43. The molecule has 3 fully saturated rings. The van der Waals surface area contributed by atoms with E-state index >= 15 is 0 Å². The van der Waals surface area contributed by atoms with Crippen LogP contribution in [0.25, 0.3) is 0 Å². The van der Waals surface area contributed by atoms with Crippen LogP contribution >= 0.6 is 11.8 Å². The first-order valence-corrected chi connectivity index (χ1v) is 6.83. The molecule has 3 aliphatic rings. The number of carboxylic acids is 1. The molecule has 0 radical (unpaired) electrons. The Kier molecular flexibility index (Phi) is 2.25. The number of hydrogen-bond donors (Lipinski definition) is 2. The molecule has 3 nitrogen and oxygen atoms in total. The van der Waals surface area contributed by atoms with Crippen LogP contribution < -0.4 is 5.32 Å². The van der Waals surface area contributed by atoms with Crippen LogP contribution in [0.2, 0.25) is 0 Å². The molecule has 15 heavy (non-hydrogen) atoms. The molecule has 2 aliphatic carbocycles. The van der Waals surface area contributed by atoms with Gasteiger partial charge in [0.05, 0.1) is 4.87 Å². The summed E-state index contributed by atoms with van der Waals surface area (Å²) in [6, 6.07) is -0.300. The normalized spacial score (nSPS) is 48.7. The lowest BCUT2D eigenvalue weighted by Crippen LogP contribution is -2.57. The van der Waals surface area contributed by atoms with Crippen LogP contribution in [0.1, 0.15) is 32.1 Å². The number of carbonyl (C=O) groups is 1. The van der Waals surface area contributed by atoms with E-state index in [1.54, 1.807) is 0 Å². The van der Waals surface area contributed by atoms with Gasteiger partial charge >= 0.3 is 5.97 Å². The maximum absolute atomic E-state index is 11.0. The second kappa shape index (κ2) is 3.39. The van der Waals surface area contributed by atoms with Crippen LogP contribution in [0.15, 0.2) is 0 Å². The van der Waals surface area contributed by atoms with E-state index in [9.17, 15) is 4.79 Å². The molecule has 0 amide bonds. The average molecular weight is 227 g/mol. The molecular formula is C11H17NO2S. The average Bonchev–Trinajstić information content (AvgIpc) is 2.77. The van der Waals surface area contributed by atoms with Crippen LogP contribution in [0.4, 0.5) is 0 Å². The zero-order chi connectivity index (χ0) is 10.5. The summed E-state index contributed by atoms with van der Waals surface area (Å²) in [5.74, 6) is 1.93. The third-order valence-electron chi connectivity index (χ3n) is 4.28. The third kappa shape index (κ3) is 1.49. The molecule has 1 spiro atoms. The van der Waals surface area contributed by atoms with Crippen molar-refractivity contribution in [1.82, 2.24) is 5.32 Å². The summed E-state index contributed by atoms with van der Waals surface area (Å²) in [5.41, 5.74) is 0. The van der Waals surface area contributed by atoms with Crippen LogP contribution in [0, 0.1) is 11.8 Å². The van der Waals surface area contributed by atoms with Crippen molar-refractivity contribution in [3.63, 3.8) is 0 Å². The maximum Gasteiger partial charge on any atom is 0.320 e. The Balaban J connectivity index is 1.78. The molecule has 1 aliphatic heterocycles. The summed E-state index contributed by atoms with van der Waals surface area (Å²) in [6.45, 7) is 0. The van der Waals surface area contributed by atoms with Crippen LogP contribution in [0.5, 0.6) is 0 Å². The zero-order valence-electron chi connectivity index (χ0n) is 8.74.